The summed E-state index contributed by atoms with van der Waals surface area (Å²) in [6.07, 6.45) is 1.25. The van der Waals surface area contributed by atoms with Crippen molar-refractivity contribution in [2.75, 3.05) is 6.61 Å². The lowest BCUT2D eigenvalue weighted by Gasteiger charge is -1.85. The second kappa shape index (κ2) is 8.52. The summed E-state index contributed by atoms with van der Waals surface area (Å²) < 4.78 is 14.6. The van der Waals surface area contributed by atoms with Gasteiger partial charge in [-0.1, -0.05) is 6.07 Å². The van der Waals surface area contributed by atoms with Gasteiger partial charge in [0, 0.05) is 6.20 Å². The van der Waals surface area contributed by atoms with Crippen LogP contribution in [0, 0.1) is 0 Å². The molecular weight excluding hydrogens is 203 g/mol. The van der Waals surface area contributed by atoms with E-state index in [1.54, 1.807) is 24.4 Å². The molecule has 0 atom stereocenters. The fourth-order valence-electron chi connectivity index (χ4n) is 0.580. The first-order valence-electron chi connectivity index (χ1n) is 4.01. The van der Waals surface area contributed by atoms with E-state index in [0.29, 0.717) is 5.82 Å². The minimum absolute atomic E-state index is 0.106. The molecule has 0 amide bonds. The quantitative estimate of drug-likeness (QED) is 0.428. The number of halogens is 1. The highest BCUT2D eigenvalue weighted by Gasteiger charge is 1.89. The van der Waals surface area contributed by atoms with Crippen LogP contribution >= 0.6 is 0 Å². The van der Waals surface area contributed by atoms with Crippen molar-refractivity contribution >= 4 is 18.1 Å². The zero-order chi connectivity index (χ0) is 11.5. The Bertz CT molecular complexity index is 336. The Hall–Kier alpha value is -2.07. The number of hydrogen-bond donors (Lipinski definition) is 0. The van der Waals surface area contributed by atoms with Crippen LogP contribution in [0.4, 0.5) is 15.0 Å². The average Bonchev–Trinajstić information content (AvgIpc) is 2.20. The number of isocyanates is 1. The topological polar surface area (TPSA) is 68.6 Å². The molecule has 0 spiro atoms. The summed E-state index contributed by atoms with van der Waals surface area (Å²) in [6.45, 7) is 1.65. The molecule has 0 aliphatic rings. The Morgan fingerprint density at radius 1 is 1.67 bits per heavy atom. The van der Waals surface area contributed by atoms with Gasteiger partial charge in [-0.2, -0.15) is 0 Å². The molecule has 15 heavy (non-hydrogen) atoms. The first-order valence-corrected chi connectivity index (χ1v) is 4.01. The van der Waals surface area contributed by atoms with E-state index in [-0.39, 0.29) is 6.61 Å². The normalized spacial score (nSPS) is 7.87. The molecule has 0 fully saturated rings. The van der Waals surface area contributed by atoms with Crippen LogP contribution in [-0.2, 0) is 9.53 Å². The van der Waals surface area contributed by atoms with E-state index in [1.807, 2.05) is 0 Å². The molecule has 1 aromatic heterocycles. The van der Waals surface area contributed by atoms with Crippen molar-refractivity contribution < 1.29 is 18.7 Å². The maximum absolute atomic E-state index is 10.8. The molecule has 0 aliphatic heterocycles. The highest BCUT2D eigenvalue weighted by Crippen LogP contribution is 2.01. The van der Waals surface area contributed by atoms with Crippen LogP contribution in [0.1, 0.15) is 6.92 Å². The van der Waals surface area contributed by atoms with Crippen LogP contribution in [0.5, 0.6) is 0 Å². The van der Waals surface area contributed by atoms with Crippen molar-refractivity contribution in [3.05, 3.63) is 24.4 Å². The molecule has 0 N–H and O–H groups in total. The maximum atomic E-state index is 10.8. The molecule has 5 nitrogen and oxygen atoms in total. The smallest absolute Gasteiger partial charge is 0.441 e. The van der Waals surface area contributed by atoms with Gasteiger partial charge in [0.2, 0.25) is 6.08 Å². The van der Waals surface area contributed by atoms with Gasteiger partial charge in [-0.05, 0) is 19.1 Å². The molecule has 0 aliphatic carbocycles. The van der Waals surface area contributed by atoms with E-state index in [9.17, 15) is 9.18 Å². The van der Waals surface area contributed by atoms with E-state index in [2.05, 4.69) is 14.7 Å². The lowest BCUT2D eigenvalue weighted by atomic mass is 10.5. The zero-order valence-corrected chi connectivity index (χ0v) is 8.01. The van der Waals surface area contributed by atoms with Gasteiger partial charge < -0.3 is 4.74 Å². The molecular formula is C9H9FN2O3. The van der Waals surface area contributed by atoms with E-state index in [0.717, 1.165) is 0 Å². The van der Waals surface area contributed by atoms with E-state index in [1.165, 1.54) is 13.0 Å². The minimum Gasteiger partial charge on any atom is -0.441 e. The first-order chi connectivity index (χ1) is 7.20. The molecule has 6 heteroatoms. The highest BCUT2D eigenvalue weighted by atomic mass is 19.1. The summed E-state index contributed by atoms with van der Waals surface area (Å²) in [6, 6.07) is 5.14. The molecule has 1 heterocycles. The van der Waals surface area contributed by atoms with Crippen molar-refractivity contribution in [2.24, 2.45) is 4.99 Å². The summed E-state index contributed by atoms with van der Waals surface area (Å²) in [5.74, 6) is 0.396. The van der Waals surface area contributed by atoms with Crippen molar-refractivity contribution in [1.82, 2.24) is 4.98 Å². The number of carbonyl (C=O) groups is 1. The van der Waals surface area contributed by atoms with Gasteiger partial charge in [0.05, 0.1) is 6.61 Å². The van der Waals surface area contributed by atoms with Gasteiger partial charge in [-0.3, -0.25) is 0 Å². The van der Waals surface area contributed by atoms with Crippen LogP contribution in [0.2, 0.25) is 0 Å². The Labute approximate surface area is 85.6 Å². The van der Waals surface area contributed by atoms with Gasteiger partial charge in [0.15, 0.2) is 5.82 Å². The maximum Gasteiger partial charge on any atom is 0.495 e. The Kier molecular flexibility index (Phi) is 7.35. The Balaban J connectivity index is 0.000000288. The molecule has 0 saturated carbocycles. The van der Waals surface area contributed by atoms with Gasteiger partial charge in [-0.15, -0.1) is 9.38 Å². The molecule has 80 valence electrons. The number of rotatable bonds is 2. The molecule has 0 aromatic carbocycles. The molecule has 0 radical (unpaired) electrons. The van der Waals surface area contributed by atoms with Crippen LogP contribution in [0.25, 0.3) is 0 Å². The Morgan fingerprint density at radius 3 is 2.73 bits per heavy atom. The monoisotopic (exact) mass is 212 g/mol. The molecule has 1 rings (SSSR count). The SMILES string of the molecule is CCOC(=O)F.O=C=Nc1ccccn1. The molecule has 0 saturated heterocycles. The van der Waals surface area contributed by atoms with Crippen LogP contribution < -0.4 is 0 Å². The van der Waals surface area contributed by atoms with Crippen LogP contribution in [-0.4, -0.2) is 23.9 Å². The summed E-state index contributed by atoms with van der Waals surface area (Å²) in [7, 11) is 0. The second-order valence-electron chi connectivity index (χ2n) is 2.06. The third kappa shape index (κ3) is 8.27. The fraction of sp³-hybridized carbons (Fsp3) is 0.222. The number of carbonyl (C=O) groups excluding carboxylic acids is 2. The molecule has 0 bridgehead atoms. The molecule has 1 aromatic rings. The third-order valence-electron chi connectivity index (χ3n) is 1.07. The number of hydrogen-bond acceptors (Lipinski definition) is 5. The van der Waals surface area contributed by atoms with Crippen molar-refractivity contribution in [3.8, 4) is 0 Å². The van der Waals surface area contributed by atoms with Gasteiger partial charge >= 0.3 is 6.22 Å². The largest absolute Gasteiger partial charge is 0.495 e. The van der Waals surface area contributed by atoms with Gasteiger partial charge in [-0.25, -0.2) is 14.6 Å². The number of aliphatic imine (C=N–C) groups is 1. The zero-order valence-electron chi connectivity index (χ0n) is 8.01. The predicted molar refractivity (Wildman–Crippen MR) is 50.1 cm³/mol. The standard InChI is InChI=1S/C6H4N2O.C3H5FO2/c9-5-8-6-3-1-2-4-7-6;1-2-6-3(4)5/h1-4H;2H2,1H3. The number of pyridine rings is 1. The lowest BCUT2D eigenvalue weighted by molar-refractivity contribution is 0.126. The van der Waals surface area contributed by atoms with Crippen LogP contribution in [0.15, 0.2) is 29.4 Å². The van der Waals surface area contributed by atoms with E-state index < -0.39 is 6.22 Å². The van der Waals surface area contributed by atoms with E-state index >= 15 is 0 Å². The van der Waals surface area contributed by atoms with E-state index in [4.69, 9.17) is 4.79 Å². The van der Waals surface area contributed by atoms with Crippen molar-refractivity contribution in [3.63, 3.8) is 0 Å². The fourth-order valence-corrected chi connectivity index (χ4v) is 0.580. The van der Waals surface area contributed by atoms with Crippen molar-refractivity contribution in [2.45, 2.75) is 6.92 Å². The second-order valence-corrected chi connectivity index (χ2v) is 2.06. The highest BCUT2D eigenvalue weighted by molar-refractivity contribution is 5.57. The van der Waals surface area contributed by atoms with Gasteiger partial charge in [0.1, 0.15) is 0 Å². The number of nitrogens with zero attached hydrogens (tertiary/aromatic N) is 2. The summed E-state index contributed by atoms with van der Waals surface area (Å²) >= 11 is 0. The number of aromatic nitrogens is 1. The summed E-state index contributed by atoms with van der Waals surface area (Å²) in [5.41, 5.74) is 0. The summed E-state index contributed by atoms with van der Waals surface area (Å²) in [5, 5.41) is 0. The minimum atomic E-state index is -1.71. The first kappa shape index (κ1) is 12.9. The predicted octanol–water partition coefficient (Wildman–Crippen LogP) is 2.16. The third-order valence-corrected chi connectivity index (χ3v) is 1.07. The summed E-state index contributed by atoms with van der Waals surface area (Å²) in [4.78, 5) is 25.8. The number of ether oxygens (including phenoxy) is 1. The lowest BCUT2D eigenvalue weighted by Crippen LogP contribution is -1.90. The molecule has 0 unspecified atom stereocenters. The van der Waals surface area contributed by atoms with Gasteiger partial charge in [0.25, 0.3) is 0 Å². The average molecular weight is 212 g/mol. The Morgan fingerprint density at radius 2 is 2.40 bits per heavy atom. The van der Waals surface area contributed by atoms with Crippen molar-refractivity contribution in [1.29, 1.82) is 0 Å². The van der Waals surface area contributed by atoms with Crippen LogP contribution in [0.3, 0.4) is 0 Å².